The zero-order valence-corrected chi connectivity index (χ0v) is 9.65. The molecule has 0 saturated heterocycles. The summed E-state index contributed by atoms with van der Waals surface area (Å²) in [6.45, 7) is 4.72. The summed E-state index contributed by atoms with van der Waals surface area (Å²) in [5.74, 6) is 1.52. The van der Waals surface area contributed by atoms with Crippen LogP contribution in [0, 0.1) is 0 Å². The number of benzene rings is 1. The van der Waals surface area contributed by atoms with Crippen LogP contribution >= 0.6 is 0 Å². The Morgan fingerprint density at radius 3 is 2.31 bits per heavy atom. The lowest BCUT2D eigenvalue weighted by Gasteiger charge is -2.11. The van der Waals surface area contributed by atoms with E-state index in [-0.39, 0.29) is 0 Å². The van der Waals surface area contributed by atoms with E-state index in [2.05, 4.69) is 0 Å². The van der Waals surface area contributed by atoms with E-state index >= 15 is 0 Å². The van der Waals surface area contributed by atoms with Gasteiger partial charge in [-0.15, -0.1) is 0 Å². The zero-order valence-electron chi connectivity index (χ0n) is 9.65. The molecule has 4 heteroatoms. The Labute approximate surface area is 96.3 Å². The summed E-state index contributed by atoms with van der Waals surface area (Å²) in [7, 11) is 0. The third-order valence-corrected chi connectivity index (χ3v) is 1.90. The van der Waals surface area contributed by atoms with Gasteiger partial charge in [0.25, 0.3) is 0 Å². The van der Waals surface area contributed by atoms with Crippen LogP contribution in [0.4, 0.5) is 0 Å². The molecule has 0 aliphatic heterocycles. The van der Waals surface area contributed by atoms with Gasteiger partial charge in [-0.05, 0) is 19.1 Å². The number of ether oxygens (including phenoxy) is 3. The van der Waals surface area contributed by atoms with Gasteiger partial charge >= 0.3 is 0 Å². The first-order chi connectivity index (χ1) is 7.88. The highest BCUT2D eigenvalue weighted by Crippen LogP contribution is 2.25. The molecule has 90 valence electrons. The minimum Gasteiger partial charge on any atom is -0.490 e. The largest absolute Gasteiger partial charge is 0.490 e. The molecule has 0 unspecified atom stereocenters. The fraction of sp³-hybridized carbons (Fsp3) is 0.500. The molecule has 2 N–H and O–H groups in total. The van der Waals surface area contributed by atoms with Crippen molar-refractivity contribution in [2.24, 2.45) is 5.73 Å². The zero-order chi connectivity index (χ0) is 11.6. The summed E-state index contributed by atoms with van der Waals surface area (Å²) in [5, 5.41) is 0. The SMILES string of the molecule is CCOc1ccccc1OCCOCCN. The molecule has 0 aliphatic rings. The van der Waals surface area contributed by atoms with Gasteiger partial charge < -0.3 is 19.9 Å². The molecule has 1 aromatic carbocycles. The molecule has 0 aliphatic carbocycles. The van der Waals surface area contributed by atoms with E-state index in [1.807, 2.05) is 31.2 Å². The van der Waals surface area contributed by atoms with Crippen molar-refractivity contribution in [3.05, 3.63) is 24.3 Å². The van der Waals surface area contributed by atoms with E-state index < -0.39 is 0 Å². The molecule has 1 rings (SSSR count). The van der Waals surface area contributed by atoms with Crippen LogP contribution < -0.4 is 15.2 Å². The molecule has 0 atom stereocenters. The van der Waals surface area contributed by atoms with Gasteiger partial charge in [-0.25, -0.2) is 0 Å². The highest BCUT2D eigenvalue weighted by molar-refractivity contribution is 5.39. The summed E-state index contributed by atoms with van der Waals surface area (Å²) in [4.78, 5) is 0. The minimum atomic E-state index is 0.504. The summed E-state index contributed by atoms with van der Waals surface area (Å²) < 4.78 is 16.2. The molecule has 0 amide bonds. The van der Waals surface area contributed by atoms with E-state index in [9.17, 15) is 0 Å². The van der Waals surface area contributed by atoms with Crippen molar-refractivity contribution in [1.82, 2.24) is 0 Å². The van der Waals surface area contributed by atoms with Gasteiger partial charge in [-0.3, -0.25) is 0 Å². The molecule has 16 heavy (non-hydrogen) atoms. The van der Waals surface area contributed by atoms with Gasteiger partial charge in [-0.1, -0.05) is 12.1 Å². The van der Waals surface area contributed by atoms with Crippen LogP contribution in [0.2, 0.25) is 0 Å². The summed E-state index contributed by atoms with van der Waals surface area (Å²) in [6, 6.07) is 7.61. The molecule has 0 heterocycles. The second-order valence-electron chi connectivity index (χ2n) is 3.13. The Morgan fingerprint density at radius 2 is 1.69 bits per heavy atom. The number of rotatable bonds is 8. The first-order valence-electron chi connectivity index (χ1n) is 5.51. The lowest BCUT2D eigenvalue weighted by molar-refractivity contribution is 0.104. The predicted molar refractivity (Wildman–Crippen MR) is 63.0 cm³/mol. The predicted octanol–water partition coefficient (Wildman–Crippen LogP) is 1.44. The Morgan fingerprint density at radius 1 is 1.00 bits per heavy atom. The van der Waals surface area contributed by atoms with E-state index in [0.29, 0.717) is 33.0 Å². The van der Waals surface area contributed by atoms with E-state index in [4.69, 9.17) is 19.9 Å². The van der Waals surface area contributed by atoms with Crippen LogP contribution in [0.25, 0.3) is 0 Å². The molecule has 0 spiro atoms. The normalized spacial score (nSPS) is 10.1. The van der Waals surface area contributed by atoms with E-state index in [1.54, 1.807) is 0 Å². The van der Waals surface area contributed by atoms with Crippen LogP contribution in [-0.4, -0.2) is 33.0 Å². The van der Waals surface area contributed by atoms with Gasteiger partial charge in [0.1, 0.15) is 6.61 Å². The molecule has 0 bridgehead atoms. The minimum absolute atomic E-state index is 0.504. The van der Waals surface area contributed by atoms with Crippen molar-refractivity contribution in [2.45, 2.75) is 6.92 Å². The van der Waals surface area contributed by atoms with Gasteiger partial charge in [0.2, 0.25) is 0 Å². The highest BCUT2D eigenvalue weighted by Gasteiger charge is 2.02. The molecule has 0 aromatic heterocycles. The quantitative estimate of drug-likeness (QED) is 0.680. The molecule has 0 fully saturated rings. The summed E-state index contributed by atoms with van der Waals surface area (Å²) in [6.07, 6.45) is 0. The monoisotopic (exact) mass is 225 g/mol. The van der Waals surface area contributed by atoms with Gasteiger partial charge in [0, 0.05) is 6.54 Å². The van der Waals surface area contributed by atoms with Crippen molar-refractivity contribution in [3.8, 4) is 11.5 Å². The standard InChI is InChI=1S/C12H19NO3/c1-2-15-11-5-3-4-6-12(11)16-10-9-14-8-7-13/h3-6H,2,7-10,13H2,1H3. The Balaban J connectivity index is 2.34. The van der Waals surface area contributed by atoms with Crippen molar-refractivity contribution >= 4 is 0 Å². The Bertz CT molecular complexity index is 291. The number of para-hydroxylation sites is 2. The molecule has 0 radical (unpaired) electrons. The topological polar surface area (TPSA) is 53.7 Å². The smallest absolute Gasteiger partial charge is 0.161 e. The fourth-order valence-electron chi connectivity index (χ4n) is 1.24. The molecule has 1 aromatic rings. The third kappa shape index (κ3) is 4.51. The molecule has 4 nitrogen and oxygen atoms in total. The lowest BCUT2D eigenvalue weighted by Crippen LogP contribution is -2.13. The van der Waals surface area contributed by atoms with Crippen LogP contribution in [0.1, 0.15) is 6.92 Å². The maximum absolute atomic E-state index is 5.55. The first-order valence-corrected chi connectivity index (χ1v) is 5.51. The highest BCUT2D eigenvalue weighted by atomic mass is 16.5. The number of nitrogens with two attached hydrogens (primary N) is 1. The second-order valence-corrected chi connectivity index (χ2v) is 3.13. The average molecular weight is 225 g/mol. The Hall–Kier alpha value is -1.26. The average Bonchev–Trinajstić information content (AvgIpc) is 2.31. The van der Waals surface area contributed by atoms with Crippen molar-refractivity contribution in [3.63, 3.8) is 0 Å². The third-order valence-electron chi connectivity index (χ3n) is 1.90. The van der Waals surface area contributed by atoms with Crippen molar-refractivity contribution in [1.29, 1.82) is 0 Å². The molecule has 0 saturated carbocycles. The van der Waals surface area contributed by atoms with Gasteiger partial charge in [-0.2, -0.15) is 0 Å². The second kappa shape index (κ2) is 7.96. The number of hydrogen-bond donors (Lipinski definition) is 1. The number of hydrogen-bond acceptors (Lipinski definition) is 4. The van der Waals surface area contributed by atoms with E-state index in [0.717, 1.165) is 11.5 Å². The summed E-state index contributed by atoms with van der Waals surface area (Å²) in [5.41, 5.74) is 5.30. The van der Waals surface area contributed by atoms with Crippen LogP contribution in [-0.2, 0) is 4.74 Å². The maximum Gasteiger partial charge on any atom is 0.161 e. The van der Waals surface area contributed by atoms with Crippen LogP contribution in [0.5, 0.6) is 11.5 Å². The van der Waals surface area contributed by atoms with Crippen LogP contribution in [0.3, 0.4) is 0 Å². The van der Waals surface area contributed by atoms with Gasteiger partial charge in [0.15, 0.2) is 11.5 Å². The van der Waals surface area contributed by atoms with Crippen LogP contribution in [0.15, 0.2) is 24.3 Å². The molecular formula is C12H19NO3. The summed E-state index contributed by atoms with van der Waals surface area (Å²) >= 11 is 0. The van der Waals surface area contributed by atoms with Crippen molar-refractivity contribution in [2.75, 3.05) is 33.0 Å². The fourth-order valence-corrected chi connectivity index (χ4v) is 1.24. The van der Waals surface area contributed by atoms with Gasteiger partial charge in [0.05, 0.1) is 19.8 Å². The maximum atomic E-state index is 5.55. The van der Waals surface area contributed by atoms with Crippen molar-refractivity contribution < 1.29 is 14.2 Å². The Kier molecular flexibility index (Phi) is 6.37. The lowest BCUT2D eigenvalue weighted by atomic mass is 10.3. The molecular weight excluding hydrogens is 206 g/mol. The van der Waals surface area contributed by atoms with E-state index in [1.165, 1.54) is 0 Å². The first kappa shape index (κ1) is 12.8.